The van der Waals surface area contributed by atoms with Gasteiger partial charge >= 0.3 is 0 Å². The Morgan fingerprint density at radius 3 is 2.60 bits per heavy atom. The van der Waals surface area contributed by atoms with Crippen molar-refractivity contribution in [1.82, 2.24) is 10.2 Å². The zero-order valence-corrected chi connectivity index (χ0v) is 16.3. The lowest BCUT2D eigenvalue weighted by molar-refractivity contribution is -0.127. The van der Waals surface area contributed by atoms with Crippen LogP contribution in [-0.2, 0) is 4.79 Å². The first-order valence-corrected chi connectivity index (χ1v) is 9.74. The minimum Gasteiger partial charge on any atom is -0.481 e. The number of carbonyl (C=O) groups excluding carboxylic acids is 1. The summed E-state index contributed by atoms with van der Waals surface area (Å²) in [7, 11) is 0. The molecule has 0 radical (unpaired) electrons. The molecular formula is C21H34N2O2. The standard InChI is InChI=1S/C21H34N2O2/c1-16(2)19-10-9-17(3)15-20(19)25-18(4)21(24)22-11-8-14-23-12-6-5-7-13-23/h9-10,15-16,18H,5-8,11-14H2,1-4H3,(H,22,24). The smallest absolute Gasteiger partial charge is 0.260 e. The van der Waals surface area contributed by atoms with Crippen LogP contribution >= 0.6 is 0 Å². The monoisotopic (exact) mass is 346 g/mol. The molecule has 1 aromatic carbocycles. The van der Waals surface area contributed by atoms with Gasteiger partial charge in [0, 0.05) is 6.54 Å². The molecule has 1 unspecified atom stereocenters. The van der Waals surface area contributed by atoms with E-state index in [9.17, 15) is 4.79 Å². The van der Waals surface area contributed by atoms with Crippen molar-refractivity contribution in [2.45, 2.75) is 65.4 Å². The van der Waals surface area contributed by atoms with Gasteiger partial charge in [-0.15, -0.1) is 0 Å². The summed E-state index contributed by atoms with van der Waals surface area (Å²) < 4.78 is 5.97. The number of aryl methyl sites for hydroxylation is 1. The predicted octanol–water partition coefficient (Wildman–Crippen LogP) is 3.88. The van der Waals surface area contributed by atoms with Gasteiger partial charge in [0.25, 0.3) is 5.91 Å². The third-order valence-corrected chi connectivity index (χ3v) is 4.86. The van der Waals surface area contributed by atoms with Crippen LogP contribution in [0.5, 0.6) is 5.75 Å². The maximum absolute atomic E-state index is 12.3. The highest BCUT2D eigenvalue weighted by Gasteiger charge is 2.17. The minimum absolute atomic E-state index is 0.0325. The third kappa shape index (κ3) is 6.35. The molecule has 1 heterocycles. The lowest BCUT2D eigenvalue weighted by Gasteiger charge is -2.26. The quantitative estimate of drug-likeness (QED) is 0.726. The van der Waals surface area contributed by atoms with Crippen molar-refractivity contribution >= 4 is 5.91 Å². The van der Waals surface area contributed by atoms with E-state index >= 15 is 0 Å². The number of piperidine rings is 1. The van der Waals surface area contributed by atoms with Crippen molar-refractivity contribution in [2.24, 2.45) is 0 Å². The molecule has 0 aliphatic carbocycles. The Balaban J connectivity index is 1.77. The summed E-state index contributed by atoms with van der Waals surface area (Å²) in [5.41, 5.74) is 2.30. The lowest BCUT2D eigenvalue weighted by Crippen LogP contribution is -2.38. The van der Waals surface area contributed by atoms with Gasteiger partial charge in [0.2, 0.25) is 0 Å². The van der Waals surface area contributed by atoms with Crippen LogP contribution in [-0.4, -0.2) is 43.1 Å². The number of benzene rings is 1. The molecule has 1 fully saturated rings. The fourth-order valence-electron chi connectivity index (χ4n) is 3.31. The highest BCUT2D eigenvalue weighted by molar-refractivity contribution is 5.80. The summed E-state index contributed by atoms with van der Waals surface area (Å²) in [6.07, 6.45) is 4.51. The molecular weight excluding hydrogens is 312 g/mol. The topological polar surface area (TPSA) is 41.6 Å². The number of nitrogens with one attached hydrogen (secondary N) is 1. The normalized spacial score (nSPS) is 16.7. The number of amides is 1. The van der Waals surface area contributed by atoms with Gasteiger partial charge in [-0.1, -0.05) is 32.4 Å². The first-order valence-electron chi connectivity index (χ1n) is 9.74. The Bertz CT molecular complexity index is 551. The van der Waals surface area contributed by atoms with Crippen LogP contribution in [0.25, 0.3) is 0 Å². The van der Waals surface area contributed by atoms with Crippen LogP contribution in [0.15, 0.2) is 18.2 Å². The zero-order valence-electron chi connectivity index (χ0n) is 16.3. The van der Waals surface area contributed by atoms with Crippen LogP contribution in [0.3, 0.4) is 0 Å². The van der Waals surface area contributed by atoms with Crippen molar-refractivity contribution < 1.29 is 9.53 Å². The van der Waals surface area contributed by atoms with Crippen LogP contribution < -0.4 is 10.1 Å². The molecule has 1 amide bonds. The van der Waals surface area contributed by atoms with Gasteiger partial charge in [0.1, 0.15) is 5.75 Å². The Morgan fingerprint density at radius 2 is 1.92 bits per heavy atom. The van der Waals surface area contributed by atoms with Gasteiger partial charge in [0.05, 0.1) is 0 Å². The molecule has 0 bridgehead atoms. The molecule has 2 rings (SSSR count). The molecule has 1 saturated heterocycles. The summed E-state index contributed by atoms with van der Waals surface area (Å²) in [5.74, 6) is 1.16. The number of nitrogens with zero attached hydrogens (tertiary/aromatic N) is 1. The van der Waals surface area contributed by atoms with E-state index in [1.807, 2.05) is 19.9 Å². The van der Waals surface area contributed by atoms with Crippen molar-refractivity contribution in [3.05, 3.63) is 29.3 Å². The highest BCUT2D eigenvalue weighted by atomic mass is 16.5. The molecule has 140 valence electrons. The van der Waals surface area contributed by atoms with Gasteiger partial charge in [-0.2, -0.15) is 0 Å². The number of rotatable bonds is 8. The average molecular weight is 347 g/mol. The average Bonchev–Trinajstić information content (AvgIpc) is 2.59. The van der Waals surface area contributed by atoms with Gasteiger partial charge < -0.3 is 15.0 Å². The number of likely N-dealkylation sites (tertiary alicyclic amines) is 1. The minimum atomic E-state index is -0.478. The molecule has 1 atom stereocenters. The van der Waals surface area contributed by atoms with E-state index in [4.69, 9.17) is 4.74 Å². The maximum atomic E-state index is 12.3. The summed E-state index contributed by atoms with van der Waals surface area (Å²) in [6.45, 7) is 12.4. The summed E-state index contributed by atoms with van der Waals surface area (Å²) >= 11 is 0. The fourth-order valence-corrected chi connectivity index (χ4v) is 3.31. The number of hydrogen-bond acceptors (Lipinski definition) is 3. The molecule has 1 aliphatic rings. The van der Waals surface area contributed by atoms with E-state index in [-0.39, 0.29) is 5.91 Å². The van der Waals surface area contributed by atoms with Crippen LogP contribution in [0.4, 0.5) is 0 Å². The molecule has 25 heavy (non-hydrogen) atoms. The lowest BCUT2D eigenvalue weighted by atomic mass is 10.0. The van der Waals surface area contributed by atoms with Crippen molar-refractivity contribution in [2.75, 3.05) is 26.2 Å². The second kappa shape index (κ2) is 9.81. The van der Waals surface area contributed by atoms with E-state index in [2.05, 4.69) is 36.2 Å². The predicted molar refractivity (Wildman–Crippen MR) is 103 cm³/mol. The summed E-state index contributed by atoms with van der Waals surface area (Å²) in [4.78, 5) is 14.8. The van der Waals surface area contributed by atoms with Gasteiger partial charge in [-0.3, -0.25) is 4.79 Å². The first-order chi connectivity index (χ1) is 12.0. The van der Waals surface area contributed by atoms with E-state index in [1.54, 1.807) is 0 Å². The van der Waals surface area contributed by atoms with Gasteiger partial charge in [-0.25, -0.2) is 0 Å². The Morgan fingerprint density at radius 1 is 1.20 bits per heavy atom. The summed E-state index contributed by atoms with van der Waals surface area (Å²) in [6, 6.07) is 6.21. The number of hydrogen-bond donors (Lipinski definition) is 1. The molecule has 4 heteroatoms. The van der Waals surface area contributed by atoms with Crippen molar-refractivity contribution in [3.8, 4) is 5.75 Å². The Hall–Kier alpha value is -1.55. The van der Waals surface area contributed by atoms with Crippen molar-refractivity contribution in [1.29, 1.82) is 0 Å². The van der Waals surface area contributed by atoms with E-state index in [0.29, 0.717) is 12.5 Å². The second-order valence-electron chi connectivity index (χ2n) is 7.50. The Kier molecular flexibility index (Phi) is 7.76. The SMILES string of the molecule is Cc1ccc(C(C)C)c(OC(C)C(=O)NCCCN2CCCCC2)c1. The van der Waals surface area contributed by atoms with Crippen LogP contribution in [0.1, 0.15) is 63.5 Å². The largest absolute Gasteiger partial charge is 0.481 e. The molecule has 4 nitrogen and oxygen atoms in total. The zero-order chi connectivity index (χ0) is 18.2. The second-order valence-corrected chi connectivity index (χ2v) is 7.50. The van der Waals surface area contributed by atoms with Gasteiger partial charge in [-0.05, 0) is 75.9 Å². The number of carbonyl (C=O) groups is 1. The van der Waals surface area contributed by atoms with E-state index in [1.165, 1.54) is 32.4 Å². The van der Waals surface area contributed by atoms with Crippen molar-refractivity contribution in [3.63, 3.8) is 0 Å². The molecule has 0 saturated carbocycles. The summed E-state index contributed by atoms with van der Waals surface area (Å²) in [5, 5.41) is 3.01. The Labute approximate surface area is 152 Å². The molecule has 0 aromatic heterocycles. The van der Waals surface area contributed by atoms with Crippen LogP contribution in [0.2, 0.25) is 0 Å². The number of ether oxygens (including phenoxy) is 1. The molecule has 0 spiro atoms. The van der Waals surface area contributed by atoms with E-state index in [0.717, 1.165) is 29.8 Å². The van der Waals surface area contributed by atoms with E-state index < -0.39 is 6.10 Å². The highest BCUT2D eigenvalue weighted by Crippen LogP contribution is 2.28. The maximum Gasteiger partial charge on any atom is 0.260 e. The first kappa shape index (κ1) is 19.8. The third-order valence-electron chi connectivity index (χ3n) is 4.86. The molecule has 1 aromatic rings. The molecule has 1 aliphatic heterocycles. The molecule has 1 N–H and O–H groups in total. The fraction of sp³-hybridized carbons (Fsp3) is 0.667. The van der Waals surface area contributed by atoms with Gasteiger partial charge in [0.15, 0.2) is 6.10 Å². The van der Waals surface area contributed by atoms with Crippen LogP contribution in [0, 0.1) is 6.92 Å².